The Kier molecular flexibility index (Phi) is 3.44. The second kappa shape index (κ2) is 4.85. The first-order valence-electron chi connectivity index (χ1n) is 5.35. The van der Waals surface area contributed by atoms with Gasteiger partial charge in [0.05, 0.1) is 11.6 Å². The molecule has 1 unspecified atom stereocenters. The molecule has 0 bridgehead atoms. The van der Waals surface area contributed by atoms with Gasteiger partial charge in [-0.2, -0.15) is 15.1 Å². The molecule has 17 heavy (non-hydrogen) atoms. The average molecular weight is 255 g/mol. The van der Waals surface area contributed by atoms with Crippen LogP contribution in [0.3, 0.4) is 0 Å². The third kappa shape index (κ3) is 2.65. The van der Waals surface area contributed by atoms with Crippen LogP contribution >= 0.6 is 11.6 Å². The molecule has 0 aliphatic heterocycles. The van der Waals surface area contributed by atoms with Gasteiger partial charge in [0.15, 0.2) is 5.65 Å². The van der Waals surface area contributed by atoms with Crippen LogP contribution in [-0.4, -0.2) is 51.7 Å². The molecular formula is C10H15ClN6. The van der Waals surface area contributed by atoms with Crippen LogP contribution in [-0.2, 0) is 0 Å². The number of halogens is 1. The predicted molar refractivity (Wildman–Crippen MR) is 68.3 cm³/mol. The summed E-state index contributed by atoms with van der Waals surface area (Å²) in [7, 11) is 4.07. The van der Waals surface area contributed by atoms with Crippen molar-refractivity contribution in [1.82, 2.24) is 25.1 Å². The summed E-state index contributed by atoms with van der Waals surface area (Å²) < 4.78 is 0. The van der Waals surface area contributed by atoms with Crippen molar-refractivity contribution in [1.29, 1.82) is 0 Å². The molecule has 0 saturated carbocycles. The first kappa shape index (κ1) is 12.1. The molecule has 0 aromatic carbocycles. The fraction of sp³-hybridized carbons (Fsp3) is 0.500. The standard InChI is InChI=1S/C10H15ClN6/c1-6(17(2)3)4-12-8-7-5-13-16-9(7)15-10(11)14-8/h5-6H,4H2,1-3H3,(H2,12,13,14,15,16). The van der Waals surface area contributed by atoms with Crippen molar-refractivity contribution in [2.75, 3.05) is 26.0 Å². The monoisotopic (exact) mass is 254 g/mol. The van der Waals surface area contributed by atoms with Gasteiger partial charge in [-0.1, -0.05) is 0 Å². The molecule has 2 aromatic heterocycles. The first-order chi connectivity index (χ1) is 8.08. The summed E-state index contributed by atoms with van der Waals surface area (Å²) in [4.78, 5) is 10.3. The number of aromatic amines is 1. The lowest BCUT2D eigenvalue weighted by Crippen LogP contribution is -2.31. The lowest BCUT2D eigenvalue weighted by atomic mass is 10.3. The summed E-state index contributed by atoms with van der Waals surface area (Å²) in [5.74, 6) is 0.711. The van der Waals surface area contributed by atoms with E-state index in [1.165, 1.54) is 0 Å². The number of nitrogens with zero attached hydrogens (tertiary/aromatic N) is 4. The second-order valence-corrected chi connectivity index (χ2v) is 4.51. The Labute approximate surface area is 104 Å². The summed E-state index contributed by atoms with van der Waals surface area (Å²) in [5, 5.41) is 11.0. The molecule has 0 aliphatic rings. The molecule has 0 amide bonds. The maximum atomic E-state index is 5.84. The van der Waals surface area contributed by atoms with Crippen molar-refractivity contribution in [3.8, 4) is 0 Å². The number of aromatic nitrogens is 4. The molecule has 92 valence electrons. The highest BCUT2D eigenvalue weighted by molar-refractivity contribution is 6.28. The van der Waals surface area contributed by atoms with Crippen molar-refractivity contribution < 1.29 is 0 Å². The smallest absolute Gasteiger partial charge is 0.226 e. The number of anilines is 1. The van der Waals surface area contributed by atoms with Crippen molar-refractivity contribution in [3.63, 3.8) is 0 Å². The van der Waals surface area contributed by atoms with Gasteiger partial charge in [-0.05, 0) is 32.6 Å². The fourth-order valence-electron chi connectivity index (χ4n) is 1.37. The minimum Gasteiger partial charge on any atom is -0.368 e. The maximum Gasteiger partial charge on any atom is 0.226 e. The van der Waals surface area contributed by atoms with Crippen LogP contribution in [0.4, 0.5) is 5.82 Å². The molecule has 2 N–H and O–H groups in total. The summed E-state index contributed by atoms with van der Waals surface area (Å²) >= 11 is 5.84. The number of fused-ring (bicyclic) bond motifs is 1. The average Bonchev–Trinajstić information content (AvgIpc) is 2.72. The number of hydrogen-bond acceptors (Lipinski definition) is 5. The van der Waals surface area contributed by atoms with Gasteiger partial charge in [-0.15, -0.1) is 0 Å². The van der Waals surface area contributed by atoms with E-state index in [1.54, 1.807) is 6.20 Å². The van der Waals surface area contributed by atoms with Crippen LogP contribution in [0.1, 0.15) is 6.92 Å². The molecule has 2 rings (SSSR count). The molecule has 0 radical (unpaired) electrons. The Morgan fingerprint density at radius 3 is 2.94 bits per heavy atom. The SMILES string of the molecule is CC(CNc1nc(Cl)nc2[nH]ncc12)N(C)C. The lowest BCUT2D eigenvalue weighted by molar-refractivity contribution is 0.326. The van der Waals surface area contributed by atoms with Crippen LogP contribution < -0.4 is 5.32 Å². The van der Waals surface area contributed by atoms with Crippen LogP contribution in [0.15, 0.2) is 6.20 Å². The molecule has 7 heteroatoms. The molecule has 6 nitrogen and oxygen atoms in total. The van der Waals surface area contributed by atoms with Gasteiger partial charge in [-0.25, -0.2) is 0 Å². The minimum absolute atomic E-state index is 0.210. The van der Waals surface area contributed by atoms with Crippen molar-refractivity contribution in [3.05, 3.63) is 11.5 Å². The summed E-state index contributed by atoms with van der Waals surface area (Å²) in [6, 6.07) is 0.394. The highest BCUT2D eigenvalue weighted by atomic mass is 35.5. The zero-order chi connectivity index (χ0) is 12.4. The Hall–Kier alpha value is -1.40. The summed E-state index contributed by atoms with van der Waals surface area (Å²) in [6.07, 6.45) is 1.69. The molecular weight excluding hydrogens is 240 g/mol. The summed E-state index contributed by atoms with van der Waals surface area (Å²) in [6.45, 7) is 2.91. The number of rotatable bonds is 4. The lowest BCUT2D eigenvalue weighted by Gasteiger charge is -2.20. The highest BCUT2D eigenvalue weighted by Gasteiger charge is 2.10. The highest BCUT2D eigenvalue weighted by Crippen LogP contribution is 2.19. The Morgan fingerprint density at radius 2 is 2.24 bits per heavy atom. The third-order valence-electron chi connectivity index (χ3n) is 2.73. The minimum atomic E-state index is 0.210. The van der Waals surface area contributed by atoms with Crippen LogP contribution in [0.25, 0.3) is 11.0 Å². The van der Waals surface area contributed by atoms with Gasteiger partial charge >= 0.3 is 0 Å². The maximum absolute atomic E-state index is 5.84. The Balaban J connectivity index is 2.20. The molecule has 0 saturated heterocycles. The van der Waals surface area contributed by atoms with E-state index in [0.717, 1.165) is 11.9 Å². The van der Waals surface area contributed by atoms with Gasteiger partial charge in [0.2, 0.25) is 5.28 Å². The van der Waals surface area contributed by atoms with Gasteiger partial charge in [-0.3, -0.25) is 5.10 Å². The molecule has 1 atom stereocenters. The van der Waals surface area contributed by atoms with Crippen LogP contribution in [0.5, 0.6) is 0 Å². The molecule has 0 aliphatic carbocycles. The Bertz CT molecular complexity index is 508. The van der Waals surface area contributed by atoms with E-state index in [1.807, 2.05) is 14.1 Å². The van der Waals surface area contributed by atoms with Gasteiger partial charge < -0.3 is 10.2 Å². The van der Waals surface area contributed by atoms with Crippen molar-refractivity contribution in [2.45, 2.75) is 13.0 Å². The Morgan fingerprint density at radius 1 is 1.47 bits per heavy atom. The molecule has 2 aromatic rings. The van der Waals surface area contributed by atoms with E-state index in [2.05, 4.69) is 37.3 Å². The number of H-pyrrole nitrogens is 1. The van der Waals surface area contributed by atoms with Gasteiger partial charge in [0, 0.05) is 12.6 Å². The number of hydrogen-bond donors (Lipinski definition) is 2. The van der Waals surface area contributed by atoms with Gasteiger partial charge in [0.1, 0.15) is 5.82 Å². The zero-order valence-electron chi connectivity index (χ0n) is 10.0. The van der Waals surface area contributed by atoms with Crippen LogP contribution in [0.2, 0.25) is 5.28 Å². The van der Waals surface area contributed by atoms with Crippen LogP contribution in [0, 0.1) is 0 Å². The van der Waals surface area contributed by atoms with E-state index in [4.69, 9.17) is 11.6 Å². The van der Waals surface area contributed by atoms with Crippen molar-refractivity contribution in [2.24, 2.45) is 0 Å². The van der Waals surface area contributed by atoms with E-state index in [0.29, 0.717) is 17.5 Å². The second-order valence-electron chi connectivity index (χ2n) is 4.17. The molecule has 0 spiro atoms. The number of likely N-dealkylation sites (N-methyl/N-ethyl adjacent to an activating group) is 1. The number of nitrogens with one attached hydrogen (secondary N) is 2. The topological polar surface area (TPSA) is 69.7 Å². The van der Waals surface area contributed by atoms with Gasteiger partial charge in [0.25, 0.3) is 0 Å². The zero-order valence-corrected chi connectivity index (χ0v) is 10.8. The predicted octanol–water partition coefficient (Wildman–Crippen LogP) is 1.37. The first-order valence-corrected chi connectivity index (χ1v) is 5.72. The normalized spacial score (nSPS) is 13.2. The van der Waals surface area contributed by atoms with E-state index >= 15 is 0 Å². The van der Waals surface area contributed by atoms with E-state index in [-0.39, 0.29) is 5.28 Å². The molecule has 0 fully saturated rings. The fourth-order valence-corrected chi connectivity index (χ4v) is 1.54. The largest absolute Gasteiger partial charge is 0.368 e. The van der Waals surface area contributed by atoms with Crippen molar-refractivity contribution >= 4 is 28.5 Å². The van der Waals surface area contributed by atoms with E-state index in [9.17, 15) is 0 Å². The third-order valence-corrected chi connectivity index (χ3v) is 2.90. The van der Waals surface area contributed by atoms with E-state index < -0.39 is 0 Å². The molecule has 2 heterocycles. The quantitative estimate of drug-likeness (QED) is 0.807. The summed E-state index contributed by atoms with van der Waals surface area (Å²) in [5.41, 5.74) is 0.644.